The molecule has 1 unspecified atom stereocenters. The van der Waals surface area contributed by atoms with Crippen LogP contribution in [0.4, 0.5) is 19.3 Å². The van der Waals surface area contributed by atoms with Crippen molar-refractivity contribution in [3.63, 3.8) is 0 Å². The van der Waals surface area contributed by atoms with Crippen LogP contribution in [0.1, 0.15) is 10.9 Å². The van der Waals surface area contributed by atoms with Crippen LogP contribution in [0.25, 0.3) is 0 Å². The zero-order valence-electron chi connectivity index (χ0n) is 11.6. The Labute approximate surface area is 131 Å². The van der Waals surface area contributed by atoms with Crippen molar-refractivity contribution in [1.29, 1.82) is 0 Å². The summed E-state index contributed by atoms with van der Waals surface area (Å²) >= 11 is 1.62. The number of thioether (sulfide) groups is 1. The highest BCUT2D eigenvalue weighted by Gasteiger charge is 2.30. The van der Waals surface area contributed by atoms with Crippen LogP contribution in [-0.2, 0) is 0 Å². The summed E-state index contributed by atoms with van der Waals surface area (Å²) in [5.41, 5.74) is 1.29. The number of rotatable bonds is 2. The summed E-state index contributed by atoms with van der Waals surface area (Å²) < 4.78 is 26.2. The number of benzene rings is 2. The molecule has 0 bridgehead atoms. The maximum atomic E-state index is 13.2. The highest BCUT2D eigenvalue weighted by atomic mass is 32.2. The number of anilines is 1. The van der Waals surface area contributed by atoms with E-state index >= 15 is 0 Å². The van der Waals surface area contributed by atoms with Gasteiger partial charge >= 0.3 is 6.03 Å². The lowest BCUT2D eigenvalue weighted by Gasteiger charge is -2.24. The number of carbonyl (C=O) groups is 1. The summed E-state index contributed by atoms with van der Waals surface area (Å²) in [5, 5.41) is 2.54. The van der Waals surface area contributed by atoms with E-state index in [4.69, 9.17) is 0 Å². The molecule has 22 heavy (non-hydrogen) atoms. The molecule has 0 aliphatic carbocycles. The van der Waals surface area contributed by atoms with Crippen molar-refractivity contribution in [3.8, 4) is 0 Å². The van der Waals surface area contributed by atoms with Crippen molar-refractivity contribution >= 4 is 23.5 Å². The van der Waals surface area contributed by atoms with Crippen LogP contribution in [0, 0.1) is 11.6 Å². The minimum atomic E-state index is -0.399. The van der Waals surface area contributed by atoms with E-state index in [9.17, 15) is 13.6 Å². The Morgan fingerprint density at radius 1 is 1.14 bits per heavy atom. The summed E-state index contributed by atoms with van der Waals surface area (Å²) in [4.78, 5) is 14.1. The van der Waals surface area contributed by atoms with E-state index in [1.807, 2.05) is 0 Å². The second kappa shape index (κ2) is 6.36. The fourth-order valence-electron chi connectivity index (χ4n) is 2.34. The number of carbonyl (C=O) groups excluding carboxylic acids is 1. The van der Waals surface area contributed by atoms with Crippen LogP contribution >= 0.6 is 11.8 Å². The average molecular weight is 320 g/mol. The Hall–Kier alpha value is -2.08. The van der Waals surface area contributed by atoms with E-state index in [0.29, 0.717) is 12.2 Å². The van der Waals surface area contributed by atoms with Gasteiger partial charge in [-0.25, -0.2) is 13.6 Å². The zero-order valence-corrected chi connectivity index (χ0v) is 12.4. The number of hydrogen-bond donors (Lipinski definition) is 1. The van der Waals surface area contributed by atoms with Crippen molar-refractivity contribution in [2.45, 2.75) is 5.37 Å². The summed E-state index contributed by atoms with van der Waals surface area (Å²) in [6.07, 6.45) is 0. The molecule has 1 saturated heterocycles. The lowest BCUT2D eigenvalue weighted by Crippen LogP contribution is -2.34. The third-order valence-corrected chi connectivity index (χ3v) is 4.64. The van der Waals surface area contributed by atoms with E-state index in [2.05, 4.69) is 5.32 Å². The maximum absolute atomic E-state index is 13.2. The number of nitrogens with zero attached hydrogens (tertiary/aromatic N) is 1. The van der Waals surface area contributed by atoms with Crippen molar-refractivity contribution in [2.24, 2.45) is 0 Å². The van der Waals surface area contributed by atoms with E-state index in [1.165, 1.54) is 24.3 Å². The van der Waals surface area contributed by atoms with Crippen molar-refractivity contribution in [3.05, 3.63) is 65.7 Å². The molecule has 1 atom stereocenters. The summed E-state index contributed by atoms with van der Waals surface area (Å²) in [7, 11) is 0. The minimum Gasteiger partial charge on any atom is -0.308 e. The molecule has 2 amide bonds. The smallest absolute Gasteiger partial charge is 0.308 e. The molecule has 1 aliphatic rings. The fraction of sp³-hybridized carbons (Fsp3) is 0.188. The van der Waals surface area contributed by atoms with Gasteiger partial charge in [0.2, 0.25) is 0 Å². The quantitative estimate of drug-likeness (QED) is 0.897. The molecule has 0 saturated carbocycles. The first-order valence-corrected chi connectivity index (χ1v) is 7.88. The van der Waals surface area contributed by atoms with Gasteiger partial charge in [0.25, 0.3) is 0 Å². The molecule has 1 N–H and O–H groups in total. The number of urea groups is 1. The van der Waals surface area contributed by atoms with Crippen LogP contribution in [0.3, 0.4) is 0 Å². The van der Waals surface area contributed by atoms with Crippen molar-refractivity contribution in [1.82, 2.24) is 4.90 Å². The Kier molecular flexibility index (Phi) is 4.29. The fourth-order valence-corrected chi connectivity index (χ4v) is 3.60. The molecule has 1 aliphatic heterocycles. The van der Waals surface area contributed by atoms with Gasteiger partial charge in [-0.15, -0.1) is 11.8 Å². The minimum absolute atomic E-state index is 0.158. The Morgan fingerprint density at radius 3 is 2.64 bits per heavy atom. The van der Waals surface area contributed by atoms with E-state index < -0.39 is 5.82 Å². The summed E-state index contributed by atoms with van der Waals surface area (Å²) in [5.74, 6) is 0.102. The van der Waals surface area contributed by atoms with Gasteiger partial charge in [-0.3, -0.25) is 0 Å². The molecule has 3 rings (SSSR count). The van der Waals surface area contributed by atoms with Crippen LogP contribution in [0.15, 0.2) is 48.5 Å². The molecule has 2 aromatic rings. The number of nitrogens with one attached hydrogen (secondary N) is 1. The molecule has 1 heterocycles. The molecule has 0 radical (unpaired) electrons. The van der Waals surface area contributed by atoms with Crippen LogP contribution in [0.5, 0.6) is 0 Å². The first kappa shape index (κ1) is 14.8. The van der Waals surface area contributed by atoms with Crippen molar-refractivity contribution < 1.29 is 13.6 Å². The van der Waals surface area contributed by atoms with Gasteiger partial charge in [0, 0.05) is 18.0 Å². The maximum Gasteiger partial charge on any atom is 0.323 e. The van der Waals surface area contributed by atoms with Crippen LogP contribution in [0.2, 0.25) is 0 Å². The molecule has 114 valence electrons. The molecular formula is C16H14F2N2OS. The van der Waals surface area contributed by atoms with Gasteiger partial charge < -0.3 is 10.2 Å². The normalized spacial score (nSPS) is 17.5. The third-order valence-electron chi connectivity index (χ3n) is 3.38. The SMILES string of the molecule is O=C(Nc1cccc(F)c1)N1CCSC1c1ccc(F)cc1. The predicted octanol–water partition coefficient (Wildman–Crippen LogP) is 4.24. The molecular weight excluding hydrogens is 306 g/mol. The van der Waals surface area contributed by atoms with Crippen LogP contribution < -0.4 is 5.32 Å². The Morgan fingerprint density at radius 2 is 1.91 bits per heavy atom. The van der Waals surface area contributed by atoms with Crippen LogP contribution in [-0.4, -0.2) is 23.2 Å². The Balaban J connectivity index is 1.75. The number of amides is 2. The van der Waals surface area contributed by atoms with Gasteiger partial charge in [0.05, 0.1) is 0 Å². The lowest BCUT2D eigenvalue weighted by atomic mass is 10.2. The summed E-state index contributed by atoms with van der Waals surface area (Å²) in [6.45, 7) is 0.591. The standard InChI is InChI=1S/C16H14F2N2OS/c17-12-6-4-11(5-7-12)15-20(8-9-22-15)16(21)19-14-3-1-2-13(18)10-14/h1-7,10,15H,8-9H2,(H,19,21). The highest BCUT2D eigenvalue weighted by molar-refractivity contribution is 7.99. The van der Waals surface area contributed by atoms with Crippen molar-refractivity contribution in [2.75, 3.05) is 17.6 Å². The Bertz CT molecular complexity index is 678. The van der Waals surface area contributed by atoms with E-state index in [-0.39, 0.29) is 17.2 Å². The molecule has 0 aromatic heterocycles. The number of hydrogen-bond acceptors (Lipinski definition) is 2. The van der Waals surface area contributed by atoms with Gasteiger partial charge in [-0.1, -0.05) is 18.2 Å². The molecule has 0 spiro atoms. The van der Waals surface area contributed by atoms with E-state index in [1.54, 1.807) is 40.9 Å². The molecule has 6 heteroatoms. The zero-order chi connectivity index (χ0) is 15.5. The van der Waals surface area contributed by atoms with Gasteiger partial charge in [0.15, 0.2) is 0 Å². The monoisotopic (exact) mass is 320 g/mol. The molecule has 3 nitrogen and oxygen atoms in total. The average Bonchev–Trinajstić information content (AvgIpc) is 2.97. The van der Waals surface area contributed by atoms with Gasteiger partial charge in [-0.2, -0.15) is 0 Å². The predicted molar refractivity (Wildman–Crippen MR) is 83.7 cm³/mol. The van der Waals surface area contributed by atoms with Gasteiger partial charge in [0.1, 0.15) is 17.0 Å². The molecule has 1 fully saturated rings. The molecule has 2 aromatic carbocycles. The lowest BCUT2D eigenvalue weighted by molar-refractivity contribution is 0.214. The first-order chi connectivity index (χ1) is 10.6. The second-order valence-electron chi connectivity index (χ2n) is 4.91. The van der Waals surface area contributed by atoms with Gasteiger partial charge in [-0.05, 0) is 35.9 Å². The highest BCUT2D eigenvalue weighted by Crippen LogP contribution is 2.38. The van der Waals surface area contributed by atoms with E-state index in [0.717, 1.165) is 11.3 Å². The summed E-state index contributed by atoms with van der Waals surface area (Å²) in [6, 6.07) is 11.6. The largest absolute Gasteiger partial charge is 0.323 e. The third kappa shape index (κ3) is 3.22. The topological polar surface area (TPSA) is 32.3 Å². The second-order valence-corrected chi connectivity index (χ2v) is 6.10. The first-order valence-electron chi connectivity index (χ1n) is 6.84. The number of halogens is 2.